The van der Waals surface area contributed by atoms with Gasteiger partial charge < -0.3 is 5.32 Å². The topological polar surface area (TPSA) is 29.9 Å². The van der Waals surface area contributed by atoms with Gasteiger partial charge in [-0.15, -0.1) is 0 Å². The Bertz CT molecular complexity index is 571. The van der Waals surface area contributed by atoms with Crippen LogP contribution in [0.1, 0.15) is 36.3 Å². The maximum Gasteiger partial charge on any atom is 0.0848 e. The zero-order valence-electron chi connectivity index (χ0n) is 11.9. The molecule has 19 heavy (non-hydrogen) atoms. The molecule has 0 aliphatic heterocycles. The van der Waals surface area contributed by atoms with Crippen LogP contribution in [0, 0.1) is 13.8 Å². The molecular weight excluding hydrogens is 258 g/mol. The molecule has 0 spiro atoms. The van der Waals surface area contributed by atoms with E-state index in [0.29, 0.717) is 6.04 Å². The standard InChI is InChI=1S/C15H20ClN3/c1-5-14(17-4)12-7-6-8-13(9-12)19-11(3)15(16)10(2)18-19/h6-9,14,17H,5H2,1-4H3. The third kappa shape index (κ3) is 2.67. The lowest BCUT2D eigenvalue weighted by Crippen LogP contribution is -2.15. The Kier molecular flexibility index (Phi) is 4.27. The molecule has 0 saturated heterocycles. The summed E-state index contributed by atoms with van der Waals surface area (Å²) in [5.74, 6) is 0. The predicted octanol–water partition coefficient (Wildman–Crippen LogP) is 3.81. The minimum Gasteiger partial charge on any atom is -0.313 e. The minimum atomic E-state index is 0.368. The highest BCUT2D eigenvalue weighted by Gasteiger charge is 2.12. The summed E-state index contributed by atoms with van der Waals surface area (Å²) in [6.45, 7) is 6.09. The van der Waals surface area contributed by atoms with Crippen molar-refractivity contribution in [1.29, 1.82) is 0 Å². The summed E-state index contributed by atoms with van der Waals surface area (Å²) < 4.78 is 1.91. The lowest BCUT2D eigenvalue weighted by molar-refractivity contribution is 0.576. The molecule has 2 aromatic rings. The van der Waals surface area contributed by atoms with Gasteiger partial charge >= 0.3 is 0 Å². The number of rotatable bonds is 4. The Balaban J connectivity index is 2.46. The van der Waals surface area contributed by atoms with Crippen LogP contribution in [-0.4, -0.2) is 16.8 Å². The number of aromatic nitrogens is 2. The molecule has 0 aliphatic carbocycles. The molecule has 102 valence electrons. The molecule has 1 heterocycles. The summed E-state index contributed by atoms with van der Waals surface area (Å²) in [6, 6.07) is 8.80. The van der Waals surface area contributed by atoms with Crippen LogP contribution in [0.5, 0.6) is 0 Å². The van der Waals surface area contributed by atoms with Crippen LogP contribution < -0.4 is 5.32 Å². The van der Waals surface area contributed by atoms with Gasteiger partial charge in [0, 0.05) is 6.04 Å². The predicted molar refractivity (Wildman–Crippen MR) is 80.1 cm³/mol. The number of halogens is 1. The molecule has 1 N–H and O–H groups in total. The molecule has 4 heteroatoms. The molecular formula is C15H20ClN3. The molecule has 0 radical (unpaired) electrons. The van der Waals surface area contributed by atoms with Crippen molar-refractivity contribution in [3.05, 3.63) is 46.2 Å². The zero-order chi connectivity index (χ0) is 14.0. The molecule has 0 fully saturated rings. The van der Waals surface area contributed by atoms with E-state index in [2.05, 4.69) is 41.6 Å². The van der Waals surface area contributed by atoms with Crippen LogP contribution in [0.2, 0.25) is 5.02 Å². The van der Waals surface area contributed by atoms with Crippen LogP contribution in [0.25, 0.3) is 5.69 Å². The Hall–Kier alpha value is -1.32. The van der Waals surface area contributed by atoms with Gasteiger partial charge in [0.05, 0.1) is 22.1 Å². The van der Waals surface area contributed by atoms with E-state index in [-0.39, 0.29) is 0 Å². The summed E-state index contributed by atoms with van der Waals surface area (Å²) in [7, 11) is 1.99. The van der Waals surface area contributed by atoms with Crippen molar-refractivity contribution in [2.75, 3.05) is 7.05 Å². The Morgan fingerprint density at radius 3 is 2.63 bits per heavy atom. The first-order chi connectivity index (χ1) is 9.08. The van der Waals surface area contributed by atoms with E-state index in [1.807, 2.05) is 25.6 Å². The number of benzene rings is 1. The molecule has 3 nitrogen and oxygen atoms in total. The highest BCUT2D eigenvalue weighted by Crippen LogP contribution is 2.24. The number of aryl methyl sites for hydroxylation is 1. The maximum absolute atomic E-state index is 6.21. The fraction of sp³-hybridized carbons (Fsp3) is 0.400. The molecule has 2 rings (SSSR count). The van der Waals surface area contributed by atoms with Crippen LogP contribution in [-0.2, 0) is 0 Å². The summed E-state index contributed by atoms with van der Waals surface area (Å²) in [5.41, 5.74) is 4.17. The second-order valence-electron chi connectivity index (χ2n) is 4.74. The summed E-state index contributed by atoms with van der Waals surface area (Å²) in [5, 5.41) is 8.56. The summed E-state index contributed by atoms with van der Waals surface area (Å²) in [4.78, 5) is 0. The maximum atomic E-state index is 6.21. The van der Waals surface area contributed by atoms with Crippen LogP contribution in [0.3, 0.4) is 0 Å². The quantitative estimate of drug-likeness (QED) is 0.921. The van der Waals surface area contributed by atoms with Gasteiger partial charge in [0.2, 0.25) is 0 Å². The molecule has 1 aromatic heterocycles. The minimum absolute atomic E-state index is 0.368. The first-order valence-electron chi connectivity index (χ1n) is 6.57. The van der Waals surface area contributed by atoms with Gasteiger partial charge in [0.15, 0.2) is 0 Å². The third-order valence-corrected chi connectivity index (χ3v) is 4.02. The molecule has 0 bridgehead atoms. The van der Waals surface area contributed by atoms with Crippen molar-refractivity contribution in [3.8, 4) is 5.69 Å². The number of hydrogen-bond donors (Lipinski definition) is 1. The summed E-state index contributed by atoms with van der Waals surface area (Å²) in [6.07, 6.45) is 1.05. The molecule has 0 aliphatic rings. The van der Waals surface area contributed by atoms with Gasteiger partial charge in [-0.3, -0.25) is 0 Å². The van der Waals surface area contributed by atoms with Gasteiger partial charge in [0.25, 0.3) is 0 Å². The average molecular weight is 278 g/mol. The van der Waals surface area contributed by atoms with Crippen LogP contribution in [0.15, 0.2) is 24.3 Å². The van der Waals surface area contributed by atoms with Crippen molar-refractivity contribution in [1.82, 2.24) is 15.1 Å². The van der Waals surface area contributed by atoms with E-state index >= 15 is 0 Å². The number of nitrogens with one attached hydrogen (secondary N) is 1. The van der Waals surface area contributed by atoms with Crippen molar-refractivity contribution in [2.24, 2.45) is 0 Å². The molecule has 1 unspecified atom stereocenters. The van der Waals surface area contributed by atoms with Crippen LogP contribution in [0.4, 0.5) is 0 Å². The van der Waals surface area contributed by atoms with Gasteiger partial charge in [-0.25, -0.2) is 4.68 Å². The molecule has 0 saturated carbocycles. The van der Waals surface area contributed by atoms with Crippen molar-refractivity contribution >= 4 is 11.6 Å². The van der Waals surface area contributed by atoms with Gasteiger partial charge in [-0.2, -0.15) is 5.10 Å². The summed E-state index contributed by atoms with van der Waals surface area (Å²) >= 11 is 6.21. The normalized spacial score (nSPS) is 12.7. The van der Waals surface area contributed by atoms with Gasteiger partial charge in [0.1, 0.15) is 0 Å². The van der Waals surface area contributed by atoms with E-state index in [0.717, 1.165) is 28.5 Å². The average Bonchev–Trinajstić information content (AvgIpc) is 2.68. The molecule has 1 atom stereocenters. The van der Waals surface area contributed by atoms with E-state index < -0.39 is 0 Å². The fourth-order valence-electron chi connectivity index (χ4n) is 2.35. The Labute approximate surface area is 119 Å². The lowest BCUT2D eigenvalue weighted by atomic mass is 10.0. The third-order valence-electron chi connectivity index (χ3n) is 3.48. The highest BCUT2D eigenvalue weighted by atomic mass is 35.5. The second kappa shape index (κ2) is 5.76. The van der Waals surface area contributed by atoms with E-state index in [4.69, 9.17) is 11.6 Å². The molecule has 0 amide bonds. The largest absolute Gasteiger partial charge is 0.313 e. The first kappa shape index (κ1) is 14.1. The molecule has 1 aromatic carbocycles. The first-order valence-corrected chi connectivity index (χ1v) is 6.95. The van der Waals surface area contributed by atoms with Crippen molar-refractivity contribution in [2.45, 2.75) is 33.2 Å². The Morgan fingerprint density at radius 1 is 1.37 bits per heavy atom. The zero-order valence-corrected chi connectivity index (χ0v) is 12.6. The number of hydrogen-bond acceptors (Lipinski definition) is 2. The van der Waals surface area contributed by atoms with E-state index in [1.165, 1.54) is 5.56 Å². The van der Waals surface area contributed by atoms with E-state index in [9.17, 15) is 0 Å². The second-order valence-corrected chi connectivity index (χ2v) is 5.12. The number of nitrogens with zero attached hydrogens (tertiary/aromatic N) is 2. The highest BCUT2D eigenvalue weighted by molar-refractivity contribution is 6.31. The van der Waals surface area contributed by atoms with Crippen molar-refractivity contribution in [3.63, 3.8) is 0 Å². The van der Waals surface area contributed by atoms with E-state index in [1.54, 1.807) is 0 Å². The lowest BCUT2D eigenvalue weighted by Gasteiger charge is -2.15. The monoisotopic (exact) mass is 277 g/mol. The fourth-order valence-corrected chi connectivity index (χ4v) is 2.47. The Morgan fingerprint density at radius 2 is 2.11 bits per heavy atom. The smallest absolute Gasteiger partial charge is 0.0848 e. The SMILES string of the molecule is CCC(NC)c1cccc(-n2nc(C)c(Cl)c2C)c1. The van der Waals surface area contributed by atoms with Crippen molar-refractivity contribution < 1.29 is 0 Å². The van der Waals surface area contributed by atoms with Gasteiger partial charge in [-0.05, 0) is 45.0 Å². The van der Waals surface area contributed by atoms with Gasteiger partial charge in [-0.1, -0.05) is 30.7 Å². The van der Waals surface area contributed by atoms with Crippen LogP contribution >= 0.6 is 11.6 Å².